The summed E-state index contributed by atoms with van der Waals surface area (Å²) >= 11 is 0. The number of anilines is 1. The van der Waals surface area contributed by atoms with E-state index in [-0.39, 0.29) is 12.1 Å². The molecule has 2 saturated heterocycles. The number of piperazine rings is 1. The maximum Gasteiger partial charge on any atom is 0.317 e. The van der Waals surface area contributed by atoms with Gasteiger partial charge in [0.15, 0.2) is 0 Å². The van der Waals surface area contributed by atoms with E-state index in [9.17, 15) is 4.79 Å². The number of benzene rings is 1. The number of nitrogens with zero attached hydrogens (tertiary/aromatic N) is 3. The number of likely N-dealkylation sites (tertiary alicyclic amines) is 1. The SMILES string of the molecule is CCC1(OCCN2CCN(c3ccccc3)CC2)C=CC=CC1NC(=O)N1CCCC1. The number of urea groups is 1. The van der Waals surface area contributed by atoms with E-state index in [1.54, 1.807) is 0 Å². The lowest BCUT2D eigenvalue weighted by molar-refractivity contribution is -0.0350. The van der Waals surface area contributed by atoms with Crippen molar-refractivity contribution in [2.45, 2.75) is 37.8 Å². The molecule has 6 heteroatoms. The number of hydrogen-bond donors (Lipinski definition) is 1. The standard InChI is InChI=1S/C25H36N4O2/c1-2-25(13-7-6-12-23(25)26-24(30)29-14-8-9-15-29)31-21-20-27-16-18-28(19-17-27)22-10-4-3-5-11-22/h3-7,10-13,23H,2,8-9,14-21H2,1H3,(H,26,30). The first-order valence-electron chi connectivity index (χ1n) is 11.8. The van der Waals surface area contributed by atoms with Gasteiger partial charge in [0.05, 0.1) is 12.6 Å². The molecule has 168 valence electrons. The van der Waals surface area contributed by atoms with E-state index >= 15 is 0 Å². The fourth-order valence-electron chi connectivity index (χ4n) is 4.79. The summed E-state index contributed by atoms with van der Waals surface area (Å²) in [6.07, 6.45) is 11.3. The molecule has 2 atom stereocenters. The Kier molecular flexibility index (Phi) is 7.30. The number of allylic oxidation sites excluding steroid dienone is 2. The van der Waals surface area contributed by atoms with Gasteiger partial charge >= 0.3 is 6.03 Å². The first-order chi connectivity index (χ1) is 15.2. The normalized spacial score (nSPS) is 26.4. The Labute approximate surface area is 186 Å². The van der Waals surface area contributed by atoms with Crippen LogP contribution in [0.1, 0.15) is 26.2 Å². The molecule has 2 unspecified atom stereocenters. The molecule has 2 aliphatic heterocycles. The topological polar surface area (TPSA) is 48.1 Å². The van der Waals surface area contributed by atoms with Gasteiger partial charge in [0.1, 0.15) is 5.60 Å². The van der Waals surface area contributed by atoms with Crippen molar-refractivity contribution in [3.63, 3.8) is 0 Å². The fourth-order valence-corrected chi connectivity index (χ4v) is 4.79. The number of ether oxygens (including phenoxy) is 1. The van der Waals surface area contributed by atoms with Crippen LogP contribution < -0.4 is 10.2 Å². The molecule has 6 nitrogen and oxygen atoms in total. The summed E-state index contributed by atoms with van der Waals surface area (Å²) in [4.78, 5) is 19.5. The van der Waals surface area contributed by atoms with Crippen LogP contribution in [0.15, 0.2) is 54.6 Å². The minimum atomic E-state index is -0.476. The Morgan fingerprint density at radius 2 is 1.81 bits per heavy atom. The molecular weight excluding hydrogens is 388 g/mol. The van der Waals surface area contributed by atoms with Crippen LogP contribution in [0.4, 0.5) is 10.5 Å². The third kappa shape index (κ3) is 5.31. The minimum absolute atomic E-state index is 0.0286. The lowest BCUT2D eigenvalue weighted by atomic mass is 9.87. The lowest BCUT2D eigenvalue weighted by Gasteiger charge is -2.40. The van der Waals surface area contributed by atoms with Crippen LogP contribution in [0, 0.1) is 0 Å². The highest BCUT2D eigenvalue weighted by atomic mass is 16.5. The molecular formula is C25H36N4O2. The molecule has 2 amide bonds. The molecule has 1 aromatic carbocycles. The van der Waals surface area contributed by atoms with E-state index in [0.29, 0.717) is 6.61 Å². The molecule has 0 spiro atoms. The predicted octanol–water partition coefficient (Wildman–Crippen LogP) is 3.27. The number of hydrogen-bond acceptors (Lipinski definition) is 4. The second-order valence-electron chi connectivity index (χ2n) is 8.69. The first kappa shape index (κ1) is 21.9. The van der Waals surface area contributed by atoms with Crippen LogP contribution in [0.25, 0.3) is 0 Å². The summed E-state index contributed by atoms with van der Waals surface area (Å²) in [5.41, 5.74) is 0.828. The lowest BCUT2D eigenvalue weighted by Crippen LogP contribution is -2.56. The summed E-state index contributed by atoms with van der Waals surface area (Å²) < 4.78 is 6.48. The molecule has 4 rings (SSSR count). The number of rotatable bonds is 7. The average Bonchev–Trinajstić information content (AvgIpc) is 3.37. The van der Waals surface area contributed by atoms with E-state index in [1.165, 1.54) is 5.69 Å². The van der Waals surface area contributed by atoms with Gasteiger partial charge < -0.3 is 19.9 Å². The van der Waals surface area contributed by atoms with Crippen molar-refractivity contribution < 1.29 is 9.53 Å². The maximum atomic E-state index is 12.7. The zero-order chi connectivity index (χ0) is 21.5. The summed E-state index contributed by atoms with van der Waals surface area (Å²) in [6.45, 7) is 9.59. The molecule has 0 radical (unpaired) electrons. The fraction of sp³-hybridized carbons (Fsp3) is 0.560. The number of amides is 2. The number of carbonyl (C=O) groups excluding carboxylic acids is 1. The predicted molar refractivity (Wildman–Crippen MR) is 125 cm³/mol. The first-order valence-corrected chi connectivity index (χ1v) is 11.8. The zero-order valence-corrected chi connectivity index (χ0v) is 18.7. The molecule has 0 saturated carbocycles. The third-order valence-electron chi connectivity index (χ3n) is 6.82. The van der Waals surface area contributed by atoms with Gasteiger partial charge in [-0.2, -0.15) is 0 Å². The highest BCUT2D eigenvalue weighted by Crippen LogP contribution is 2.27. The van der Waals surface area contributed by atoms with Crippen molar-refractivity contribution in [1.29, 1.82) is 0 Å². The Bertz CT molecular complexity index is 767. The summed E-state index contributed by atoms with van der Waals surface area (Å²) in [6, 6.07) is 10.5. The molecule has 3 aliphatic rings. The number of carbonyl (C=O) groups is 1. The molecule has 2 heterocycles. The van der Waals surface area contributed by atoms with Crippen molar-refractivity contribution in [3.05, 3.63) is 54.6 Å². The van der Waals surface area contributed by atoms with E-state index in [2.05, 4.69) is 64.5 Å². The van der Waals surface area contributed by atoms with Crippen LogP contribution in [0.3, 0.4) is 0 Å². The smallest absolute Gasteiger partial charge is 0.317 e. The second-order valence-corrected chi connectivity index (χ2v) is 8.69. The molecule has 1 aromatic rings. The highest BCUT2D eigenvalue weighted by molar-refractivity contribution is 5.75. The zero-order valence-electron chi connectivity index (χ0n) is 18.7. The minimum Gasteiger partial charge on any atom is -0.369 e. The van der Waals surface area contributed by atoms with Gasteiger partial charge in [-0.15, -0.1) is 0 Å². The van der Waals surface area contributed by atoms with Gasteiger partial charge in [-0.1, -0.05) is 49.4 Å². The largest absolute Gasteiger partial charge is 0.369 e. The van der Waals surface area contributed by atoms with Crippen molar-refractivity contribution >= 4 is 11.7 Å². The Morgan fingerprint density at radius 1 is 1.06 bits per heavy atom. The van der Waals surface area contributed by atoms with Gasteiger partial charge in [-0.3, -0.25) is 4.90 Å². The summed E-state index contributed by atoms with van der Waals surface area (Å²) in [5.74, 6) is 0. The van der Waals surface area contributed by atoms with Crippen molar-refractivity contribution in [1.82, 2.24) is 15.1 Å². The molecule has 31 heavy (non-hydrogen) atoms. The highest BCUT2D eigenvalue weighted by Gasteiger charge is 2.38. The third-order valence-corrected chi connectivity index (χ3v) is 6.82. The Morgan fingerprint density at radius 3 is 2.52 bits per heavy atom. The van der Waals surface area contributed by atoms with Gasteiger partial charge in [-0.05, 0) is 31.4 Å². The number of para-hydroxylation sites is 1. The van der Waals surface area contributed by atoms with Crippen LogP contribution >= 0.6 is 0 Å². The monoisotopic (exact) mass is 424 g/mol. The molecule has 2 fully saturated rings. The van der Waals surface area contributed by atoms with E-state index in [4.69, 9.17) is 4.74 Å². The van der Waals surface area contributed by atoms with Crippen molar-refractivity contribution in [2.75, 3.05) is 57.3 Å². The average molecular weight is 425 g/mol. The van der Waals surface area contributed by atoms with E-state index < -0.39 is 5.60 Å². The van der Waals surface area contributed by atoms with Gasteiger partial charge in [0.2, 0.25) is 0 Å². The van der Waals surface area contributed by atoms with E-state index in [1.807, 2.05) is 17.1 Å². The summed E-state index contributed by atoms with van der Waals surface area (Å²) in [5, 5.41) is 3.22. The van der Waals surface area contributed by atoms with Crippen LogP contribution in [-0.2, 0) is 4.74 Å². The molecule has 1 aliphatic carbocycles. The Hall–Kier alpha value is -2.31. The van der Waals surface area contributed by atoms with Crippen LogP contribution in [0.5, 0.6) is 0 Å². The van der Waals surface area contributed by atoms with Gasteiger partial charge in [-0.25, -0.2) is 4.79 Å². The van der Waals surface area contributed by atoms with Gasteiger partial charge in [0.25, 0.3) is 0 Å². The van der Waals surface area contributed by atoms with E-state index in [0.717, 1.165) is 65.1 Å². The number of nitrogens with one attached hydrogen (secondary N) is 1. The second kappa shape index (κ2) is 10.3. The maximum absolute atomic E-state index is 12.7. The van der Waals surface area contributed by atoms with Crippen molar-refractivity contribution in [2.24, 2.45) is 0 Å². The Balaban J connectivity index is 1.27. The molecule has 1 N–H and O–H groups in total. The van der Waals surface area contributed by atoms with Gasteiger partial charge in [0, 0.05) is 51.5 Å². The quantitative estimate of drug-likeness (QED) is 0.730. The molecule has 0 bridgehead atoms. The van der Waals surface area contributed by atoms with Crippen LogP contribution in [0.2, 0.25) is 0 Å². The van der Waals surface area contributed by atoms with Crippen molar-refractivity contribution in [3.8, 4) is 0 Å². The van der Waals surface area contributed by atoms with Crippen LogP contribution in [-0.4, -0.2) is 79.9 Å². The summed E-state index contributed by atoms with van der Waals surface area (Å²) in [7, 11) is 0. The molecule has 0 aromatic heterocycles.